The SMILES string of the molecule is COC(=O)C(NC(=O)c1cc(Br)cn1C(C)C)c1cc(C)c(O)c(C)c1. The molecule has 0 aliphatic heterocycles. The van der Waals surface area contributed by atoms with Crippen LogP contribution in [0.15, 0.2) is 28.9 Å². The van der Waals surface area contributed by atoms with Crippen molar-refractivity contribution in [3.63, 3.8) is 0 Å². The van der Waals surface area contributed by atoms with E-state index in [0.29, 0.717) is 22.4 Å². The molecule has 1 aromatic carbocycles. The van der Waals surface area contributed by atoms with E-state index in [2.05, 4.69) is 21.2 Å². The smallest absolute Gasteiger partial charge is 0.333 e. The highest BCUT2D eigenvalue weighted by atomic mass is 79.9. The number of nitrogens with zero attached hydrogens (tertiary/aromatic N) is 1. The van der Waals surface area contributed by atoms with Crippen LogP contribution in [0.25, 0.3) is 0 Å². The van der Waals surface area contributed by atoms with Crippen molar-refractivity contribution in [1.29, 1.82) is 0 Å². The number of carbonyl (C=O) groups is 2. The predicted molar refractivity (Wildman–Crippen MR) is 102 cm³/mol. The molecule has 2 N–H and O–H groups in total. The number of rotatable bonds is 5. The Bertz CT molecular complexity index is 819. The molecule has 0 saturated heterocycles. The number of nitrogens with one attached hydrogen (secondary N) is 1. The zero-order valence-corrected chi connectivity index (χ0v) is 17.0. The average Bonchev–Trinajstić information content (AvgIpc) is 2.98. The van der Waals surface area contributed by atoms with E-state index in [4.69, 9.17) is 4.74 Å². The Morgan fingerprint density at radius 2 is 1.77 bits per heavy atom. The summed E-state index contributed by atoms with van der Waals surface area (Å²) in [5.74, 6) is -0.797. The fourth-order valence-electron chi connectivity index (χ4n) is 2.81. The molecular formula is C19H23BrN2O4. The minimum absolute atomic E-state index is 0.0804. The quantitative estimate of drug-likeness (QED) is 0.717. The number of aryl methyl sites for hydroxylation is 2. The number of carbonyl (C=O) groups excluding carboxylic acids is 2. The zero-order chi connectivity index (χ0) is 19.6. The van der Waals surface area contributed by atoms with E-state index in [1.165, 1.54) is 7.11 Å². The van der Waals surface area contributed by atoms with Gasteiger partial charge in [-0.3, -0.25) is 4.79 Å². The predicted octanol–water partition coefficient (Wildman–Crippen LogP) is 3.80. The Morgan fingerprint density at radius 3 is 2.27 bits per heavy atom. The molecule has 1 amide bonds. The Kier molecular flexibility index (Phi) is 6.13. The highest BCUT2D eigenvalue weighted by molar-refractivity contribution is 9.10. The average molecular weight is 423 g/mol. The second kappa shape index (κ2) is 7.95. The Hall–Kier alpha value is -2.28. The van der Waals surface area contributed by atoms with Gasteiger partial charge in [0.2, 0.25) is 0 Å². The van der Waals surface area contributed by atoms with Crippen molar-refractivity contribution in [2.75, 3.05) is 7.11 Å². The molecule has 2 rings (SSSR count). The molecule has 0 spiro atoms. The maximum Gasteiger partial charge on any atom is 0.333 e. The lowest BCUT2D eigenvalue weighted by atomic mass is 10.00. The summed E-state index contributed by atoms with van der Waals surface area (Å²) in [5.41, 5.74) is 2.24. The van der Waals surface area contributed by atoms with Gasteiger partial charge in [-0.15, -0.1) is 0 Å². The fourth-order valence-corrected chi connectivity index (χ4v) is 3.25. The summed E-state index contributed by atoms with van der Waals surface area (Å²) < 4.78 is 7.46. The van der Waals surface area contributed by atoms with E-state index >= 15 is 0 Å². The van der Waals surface area contributed by atoms with Crippen LogP contribution >= 0.6 is 15.9 Å². The van der Waals surface area contributed by atoms with Crippen LogP contribution in [0.3, 0.4) is 0 Å². The number of esters is 1. The summed E-state index contributed by atoms with van der Waals surface area (Å²) >= 11 is 3.38. The number of aromatic hydroxyl groups is 1. The number of methoxy groups -OCH3 is 1. The molecular weight excluding hydrogens is 400 g/mol. The van der Waals surface area contributed by atoms with Gasteiger partial charge in [0.05, 0.1) is 7.11 Å². The molecule has 140 valence electrons. The summed E-state index contributed by atoms with van der Waals surface area (Å²) in [7, 11) is 1.27. The summed E-state index contributed by atoms with van der Waals surface area (Å²) in [4.78, 5) is 25.1. The van der Waals surface area contributed by atoms with Crippen LogP contribution in [0.1, 0.15) is 53.1 Å². The first-order valence-electron chi connectivity index (χ1n) is 8.21. The van der Waals surface area contributed by atoms with Gasteiger partial charge in [-0.05, 0) is 78.5 Å². The maximum absolute atomic E-state index is 12.8. The van der Waals surface area contributed by atoms with Crippen LogP contribution < -0.4 is 5.32 Å². The maximum atomic E-state index is 12.8. The second-order valence-corrected chi connectivity index (χ2v) is 7.39. The molecule has 26 heavy (non-hydrogen) atoms. The Labute approximate surface area is 161 Å². The summed E-state index contributed by atoms with van der Waals surface area (Å²) in [6.45, 7) is 7.41. The molecule has 1 aromatic heterocycles. The number of phenols is 1. The number of hydrogen-bond acceptors (Lipinski definition) is 4. The van der Waals surface area contributed by atoms with Gasteiger partial charge in [0.1, 0.15) is 11.4 Å². The lowest BCUT2D eigenvalue weighted by Crippen LogP contribution is -2.35. The largest absolute Gasteiger partial charge is 0.507 e. The van der Waals surface area contributed by atoms with E-state index in [1.54, 1.807) is 32.0 Å². The van der Waals surface area contributed by atoms with Crippen LogP contribution in [0.4, 0.5) is 0 Å². The van der Waals surface area contributed by atoms with Crippen molar-refractivity contribution < 1.29 is 19.4 Å². The third-order valence-corrected chi connectivity index (χ3v) is 4.60. The molecule has 0 bridgehead atoms. The summed E-state index contributed by atoms with van der Waals surface area (Å²) in [6.07, 6.45) is 1.82. The Balaban J connectivity index is 2.41. The van der Waals surface area contributed by atoms with E-state index < -0.39 is 12.0 Å². The standard InChI is InChI=1S/C19H23BrN2O4/c1-10(2)22-9-14(20)8-15(22)18(24)21-16(19(25)26-5)13-6-11(3)17(23)12(4)7-13/h6-10,16,23H,1-5H3,(H,21,24). The zero-order valence-electron chi connectivity index (χ0n) is 15.5. The summed E-state index contributed by atoms with van der Waals surface area (Å²) in [6, 6.07) is 4.15. The first-order valence-corrected chi connectivity index (χ1v) is 9.01. The molecule has 0 aliphatic carbocycles. The lowest BCUT2D eigenvalue weighted by Gasteiger charge is -2.20. The van der Waals surface area contributed by atoms with Crippen LogP contribution in [0.2, 0.25) is 0 Å². The second-order valence-electron chi connectivity index (χ2n) is 6.48. The van der Waals surface area contributed by atoms with Crippen LogP contribution in [-0.4, -0.2) is 28.7 Å². The Morgan fingerprint density at radius 1 is 1.19 bits per heavy atom. The van der Waals surface area contributed by atoms with E-state index in [9.17, 15) is 14.7 Å². The third-order valence-electron chi connectivity index (χ3n) is 4.16. The van der Waals surface area contributed by atoms with Crippen molar-refractivity contribution in [3.8, 4) is 5.75 Å². The molecule has 0 aliphatic rings. The van der Waals surface area contributed by atoms with Gasteiger partial charge in [-0.25, -0.2) is 4.79 Å². The molecule has 2 aromatic rings. The van der Waals surface area contributed by atoms with Gasteiger partial charge in [-0.2, -0.15) is 0 Å². The lowest BCUT2D eigenvalue weighted by molar-refractivity contribution is -0.143. The van der Waals surface area contributed by atoms with Gasteiger partial charge in [0, 0.05) is 16.7 Å². The van der Waals surface area contributed by atoms with Crippen LogP contribution in [0, 0.1) is 13.8 Å². The summed E-state index contributed by atoms with van der Waals surface area (Å²) in [5, 5.41) is 12.7. The minimum atomic E-state index is -0.972. The van der Waals surface area contributed by atoms with Crippen molar-refractivity contribution in [2.45, 2.75) is 39.8 Å². The number of aromatic nitrogens is 1. The highest BCUT2D eigenvalue weighted by Crippen LogP contribution is 2.27. The first-order chi connectivity index (χ1) is 12.1. The van der Waals surface area contributed by atoms with Gasteiger partial charge >= 0.3 is 5.97 Å². The van der Waals surface area contributed by atoms with Crippen LogP contribution in [-0.2, 0) is 9.53 Å². The molecule has 1 unspecified atom stereocenters. The molecule has 0 saturated carbocycles. The van der Waals surface area contributed by atoms with Gasteiger partial charge in [0.25, 0.3) is 5.91 Å². The van der Waals surface area contributed by atoms with Gasteiger partial charge < -0.3 is 19.7 Å². The molecule has 6 nitrogen and oxygen atoms in total. The van der Waals surface area contributed by atoms with E-state index in [-0.39, 0.29) is 17.7 Å². The normalized spacial score (nSPS) is 12.1. The first kappa shape index (κ1) is 20.0. The van der Waals surface area contributed by atoms with E-state index in [0.717, 1.165) is 4.47 Å². The van der Waals surface area contributed by atoms with Crippen molar-refractivity contribution in [2.24, 2.45) is 0 Å². The number of ether oxygens (including phenoxy) is 1. The number of amides is 1. The van der Waals surface area contributed by atoms with E-state index in [1.807, 2.05) is 24.6 Å². The van der Waals surface area contributed by atoms with Crippen LogP contribution in [0.5, 0.6) is 5.75 Å². The van der Waals surface area contributed by atoms with Crippen molar-refractivity contribution >= 4 is 27.8 Å². The number of hydrogen-bond donors (Lipinski definition) is 2. The topological polar surface area (TPSA) is 80.6 Å². The van der Waals surface area contributed by atoms with Gasteiger partial charge in [-0.1, -0.05) is 0 Å². The molecule has 0 fully saturated rings. The van der Waals surface area contributed by atoms with Crippen molar-refractivity contribution in [1.82, 2.24) is 9.88 Å². The third kappa shape index (κ3) is 4.09. The number of halogens is 1. The molecule has 1 atom stereocenters. The fraction of sp³-hybridized carbons (Fsp3) is 0.368. The minimum Gasteiger partial charge on any atom is -0.507 e. The molecule has 1 heterocycles. The number of phenolic OH excluding ortho intramolecular Hbond substituents is 1. The highest BCUT2D eigenvalue weighted by Gasteiger charge is 2.27. The molecule has 7 heteroatoms. The van der Waals surface area contributed by atoms with Crippen molar-refractivity contribution in [3.05, 3.63) is 51.3 Å². The molecule has 0 radical (unpaired) electrons. The van der Waals surface area contributed by atoms with Gasteiger partial charge in [0.15, 0.2) is 6.04 Å². The monoisotopic (exact) mass is 422 g/mol. The number of benzene rings is 1.